The number of unbranched alkanes of at least 4 members (excludes halogenated alkanes) is 1. The van der Waals surface area contributed by atoms with Gasteiger partial charge in [0.15, 0.2) is 0 Å². The fourth-order valence-corrected chi connectivity index (χ4v) is 0.793. The van der Waals surface area contributed by atoms with E-state index in [-0.39, 0.29) is 0 Å². The van der Waals surface area contributed by atoms with Gasteiger partial charge in [-0.2, -0.15) is 0 Å². The van der Waals surface area contributed by atoms with Crippen molar-refractivity contribution in [2.24, 2.45) is 0 Å². The molecule has 2 heteroatoms. The van der Waals surface area contributed by atoms with Crippen LogP contribution in [0.2, 0.25) is 0 Å². The standard InChI is InChI=1S/C9H21NO/c1-5-6-7-11-9(3)8(2)10-4/h8-10H,5-7H2,1-4H3. The summed E-state index contributed by atoms with van der Waals surface area (Å²) in [5.74, 6) is 0. The number of likely N-dealkylation sites (N-methyl/N-ethyl adjacent to an activating group) is 1. The highest BCUT2D eigenvalue weighted by Crippen LogP contribution is 1.99. The average molecular weight is 159 g/mol. The monoisotopic (exact) mass is 159 g/mol. The van der Waals surface area contributed by atoms with Crippen LogP contribution in [0.25, 0.3) is 0 Å². The fourth-order valence-electron chi connectivity index (χ4n) is 0.793. The van der Waals surface area contributed by atoms with Crippen LogP contribution >= 0.6 is 0 Å². The molecule has 0 radical (unpaired) electrons. The van der Waals surface area contributed by atoms with Crippen molar-refractivity contribution in [3.8, 4) is 0 Å². The Balaban J connectivity index is 3.28. The molecule has 0 bridgehead atoms. The number of rotatable bonds is 6. The number of nitrogens with one attached hydrogen (secondary N) is 1. The van der Waals surface area contributed by atoms with Crippen LogP contribution in [-0.4, -0.2) is 25.8 Å². The molecule has 0 fully saturated rings. The maximum absolute atomic E-state index is 5.57. The molecule has 68 valence electrons. The summed E-state index contributed by atoms with van der Waals surface area (Å²) in [6, 6.07) is 0.451. The Kier molecular flexibility index (Phi) is 6.57. The van der Waals surface area contributed by atoms with Gasteiger partial charge in [-0.1, -0.05) is 13.3 Å². The molecule has 0 rings (SSSR count). The van der Waals surface area contributed by atoms with E-state index in [0.717, 1.165) is 6.61 Å². The van der Waals surface area contributed by atoms with Gasteiger partial charge in [0.1, 0.15) is 0 Å². The van der Waals surface area contributed by atoms with Crippen molar-refractivity contribution in [2.75, 3.05) is 13.7 Å². The summed E-state index contributed by atoms with van der Waals surface area (Å²) in [4.78, 5) is 0. The molecule has 0 aliphatic heterocycles. The predicted octanol–water partition coefficient (Wildman–Crippen LogP) is 1.80. The first-order chi connectivity index (χ1) is 5.22. The minimum absolute atomic E-state index is 0.326. The molecule has 2 nitrogen and oxygen atoms in total. The number of ether oxygens (including phenoxy) is 1. The highest BCUT2D eigenvalue weighted by atomic mass is 16.5. The van der Waals surface area contributed by atoms with Gasteiger partial charge in [-0.25, -0.2) is 0 Å². The second-order valence-electron chi connectivity index (χ2n) is 3.01. The Hall–Kier alpha value is -0.0800. The molecule has 0 saturated heterocycles. The van der Waals surface area contributed by atoms with E-state index in [2.05, 4.69) is 26.1 Å². The Labute approximate surface area is 70.3 Å². The van der Waals surface area contributed by atoms with E-state index in [4.69, 9.17) is 4.74 Å². The van der Waals surface area contributed by atoms with Crippen LogP contribution in [0, 0.1) is 0 Å². The van der Waals surface area contributed by atoms with E-state index < -0.39 is 0 Å². The fraction of sp³-hybridized carbons (Fsp3) is 1.00. The molecule has 0 aromatic rings. The predicted molar refractivity (Wildman–Crippen MR) is 48.8 cm³/mol. The van der Waals surface area contributed by atoms with Gasteiger partial charge in [-0.3, -0.25) is 0 Å². The van der Waals surface area contributed by atoms with E-state index in [9.17, 15) is 0 Å². The Morgan fingerprint density at radius 1 is 1.36 bits per heavy atom. The molecular formula is C9H21NO. The second kappa shape index (κ2) is 6.62. The lowest BCUT2D eigenvalue weighted by molar-refractivity contribution is 0.0434. The SMILES string of the molecule is CCCCOC(C)C(C)NC. The first kappa shape index (κ1) is 10.9. The lowest BCUT2D eigenvalue weighted by Gasteiger charge is -2.19. The van der Waals surface area contributed by atoms with Gasteiger partial charge in [0.2, 0.25) is 0 Å². The highest BCUT2D eigenvalue weighted by molar-refractivity contribution is 4.65. The van der Waals surface area contributed by atoms with Crippen LogP contribution < -0.4 is 5.32 Å². The minimum atomic E-state index is 0.326. The third-order valence-electron chi connectivity index (χ3n) is 2.04. The molecule has 0 aliphatic rings. The molecule has 1 N–H and O–H groups in total. The molecular weight excluding hydrogens is 138 g/mol. The van der Waals surface area contributed by atoms with Crippen molar-refractivity contribution < 1.29 is 4.74 Å². The summed E-state index contributed by atoms with van der Waals surface area (Å²) in [6.07, 6.45) is 2.70. The lowest BCUT2D eigenvalue weighted by atomic mass is 10.2. The Bertz CT molecular complexity index is 85.6. The molecule has 0 aliphatic carbocycles. The summed E-state index contributed by atoms with van der Waals surface area (Å²) in [7, 11) is 1.96. The molecule has 0 aromatic carbocycles. The van der Waals surface area contributed by atoms with Gasteiger partial charge in [0.05, 0.1) is 6.10 Å². The zero-order valence-corrected chi connectivity index (χ0v) is 8.18. The van der Waals surface area contributed by atoms with Crippen LogP contribution in [-0.2, 0) is 4.74 Å². The van der Waals surface area contributed by atoms with Gasteiger partial charge in [0.25, 0.3) is 0 Å². The molecule has 0 heterocycles. The first-order valence-corrected chi connectivity index (χ1v) is 4.51. The number of hydrogen-bond donors (Lipinski definition) is 1. The van der Waals surface area contributed by atoms with Crippen LogP contribution in [0.1, 0.15) is 33.6 Å². The second-order valence-corrected chi connectivity index (χ2v) is 3.01. The Morgan fingerprint density at radius 3 is 2.45 bits per heavy atom. The summed E-state index contributed by atoms with van der Waals surface area (Å²) in [6.45, 7) is 7.31. The zero-order valence-electron chi connectivity index (χ0n) is 8.18. The van der Waals surface area contributed by atoms with Gasteiger partial charge in [-0.15, -0.1) is 0 Å². The van der Waals surface area contributed by atoms with Gasteiger partial charge in [0, 0.05) is 12.6 Å². The molecule has 2 atom stereocenters. The minimum Gasteiger partial charge on any atom is -0.377 e. The van der Waals surface area contributed by atoms with Crippen molar-refractivity contribution in [3.63, 3.8) is 0 Å². The molecule has 0 spiro atoms. The molecule has 0 saturated carbocycles. The van der Waals surface area contributed by atoms with Crippen molar-refractivity contribution in [1.29, 1.82) is 0 Å². The Morgan fingerprint density at radius 2 is 2.00 bits per heavy atom. The van der Waals surface area contributed by atoms with Crippen LogP contribution in [0.15, 0.2) is 0 Å². The zero-order chi connectivity index (χ0) is 8.69. The normalized spacial score (nSPS) is 16.4. The van der Waals surface area contributed by atoms with Crippen LogP contribution in [0.3, 0.4) is 0 Å². The largest absolute Gasteiger partial charge is 0.377 e. The van der Waals surface area contributed by atoms with E-state index in [1.54, 1.807) is 0 Å². The summed E-state index contributed by atoms with van der Waals surface area (Å²) in [5.41, 5.74) is 0. The van der Waals surface area contributed by atoms with E-state index >= 15 is 0 Å². The molecule has 11 heavy (non-hydrogen) atoms. The van der Waals surface area contributed by atoms with Gasteiger partial charge >= 0.3 is 0 Å². The van der Waals surface area contributed by atoms with Gasteiger partial charge < -0.3 is 10.1 Å². The molecule has 0 amide bonds. The number of hydrogen-bond acceptors (Lipinski definition) is 2. The lowest BCUT2D eigenvalue weighted by Crippen LogP contribution is -2.34. The third-order valence-corrected chi connectivity index (χ3v) is 2.04. The van der Waals surface area contributed by atoms with Crippen molar-refractivity contribution in [2.45, 2.75) is 45.8 Å². The van der Waals surface area contributed by atoms with Crippen molar-refractivity contribution in [3.05, 3.63) is 0 Å². The van der Waals surface area contributed by atoms with E-state index in [1.807, 2.05) is 7.05 Å². The van der Waals surface area contributed by atoms with Crippen molar-refractivity contribution >= 4 is 0 Å². The first-order valence-electron chi connectivity index (χ1n) is 4.51. The molecule has 2 unspecified atom stereocenters. The topological polar surface area (TPSA) is 21.3 Å². The van der Waals surface area contributed by atoms with E-state index in [0.29, 0.717) is 12.1 Å². The summed E-state index contributed by atoms with van der Waals surface area (Å²) >= 11 is 0. The summed E-state index contributed by atoms with van der Waals surface area (Å²) in [5, 5.41) is 3.17. The highest BCUT2D eigenvalue weighted by Gasteiger charge is 2.08. The smallest absolute Gasteiger partial charge is 0.0697 e. The third kappa shape index (κ3) is 5.22. The van der Waals surface area contributed by atoms with Gasteiger partial charge in [-0.05, 0) is 27.3 Å². The molecule has 0 aromatic heterocycles. The van der Waals surface area contributed by atoms with Crippen LogP contribution in [0.4, 0.5) is 0 Å². The summed E-state index contributed by atoms with van der Waals surface area (Å²) < 4.78 is 5.57. The van der Waals surface area contributed by atoms with Crippen molar-refractivity contribution in [1.82, 2.24) is 5.32 Å². The quantitative estimate of drug-likeness (QED) is 0.597. The van der Waals surface area contributed by atoms with Crippen LogP contribution in [0.5, 0.6) is 0 Å². The average Bonchev–Trinajstić information content (AvgIpc) is 2.03. The van der Waals surface area contributed by atoms with E-state index in [1.165, 1.54) is 12.8 Å². The maximum atomic E-state index is 5.57. The maximum Gasteiger partial charge on any atom is 0.0697 e.